The lowest BCUT2D eigenvalue weighted by Gasteiger charge is -2.11. The van der Waals surface area contributed by atoms with E-state index in [4.69, 9.17) is 9.15 Å². The number of hydrogen-bond acceptors (Lipinski definition) is 5. The van der Waals surface area contributed by atoms with E-state index in [9.17, 15) is 14.7 Å². The molecular weight excluding hydrogens is 358 g/mol. The third kappa shape index (κ3) is 3.58. The Hall–Kier alpha value is -3.64. The fourth-order valence-electron chi connectivity index (χ4n) is 2.99. The van der Waals surface area contributed by atoms with Gasteiger partial charge in [0, 0.05) is 16.5 Å². The van der Waals surface area contributed by atoms with Crippen LogP contribution < -0.4 is 5.32 Å². The van der Waals surface area contributed by atoms with Gasteiger partial charge in [0.1, 0.15) is 11.2 Å². The number of aliphatic hydroxyl groups is 1. The van der Waals surface area contributed by atoms with Crippen molar-refractivity contribution < 1.29 is 23.8 Å². The first-order valence-electron chi connectivity index (χ1n) is 8.72. The van der Waals surface area contributed by atoms with Gasteiger partial charge in [-0.1, -0.05) is 48.5 Å². The summed E-state index contributed by atoms with van der Waals surface area (Å²) >= 11 is 0. The van der Waals surface area contributed by atoms with Crippen LogP contribution in [-0.2, 0) is 14.3 Å². The number of esters is 1. The maximum atomic E-state index is 12.1. The van der Waals surface area contributed by atoms with E-state index in [0.29, 0.717) is 11.3 Å². The summed E-state index contributed by atoms with van der Waals surface area (Å²) in [6.07, 6.45) is -1.43. The molecule has 0 aliphatic rings. The zero-order chi connectivity index (χ0) is 19.5. The molecule has 0 bridgehead atoms. The molecule has 0 spiro atoms. The molecule has 6 nitrogen and oxygen atoms in total. The molecule has 0 unspecified atom stereocenters. The van der Waals surface area contributed by atoms with Crippen molar-refractivity contribution in [3.63, 3.8) is 0 Å². The molecule has 1 aromatic heterocycles. The Bertz CT molecular complexity index is 1150. The predicted molar refractivity (Wildman–Crippen MR) is 105 cm³/mol. The van der Waals surface area contributed by atoms with E-state index in [1.54, 1.807) is 48.5 Å². The monoisotopic (exact) mass is 375 g/mol. The van der Waals surface area contributed by atoms with Crippen LogP contribution in [-0.4, -0.2) is 23.6 Å². The lowest BCUT2D eigenvalue weighted by molar-refractivity contribution is -0.156. The number of hydrogen-bond donors (Lipinski definition) is 2. The van der Waals surface area contributed by atoms with Crippen LogP contribution in [0, 0.1) is 0 Å². The average Bonchev–Trinajstić information content (AvgIpc) is 3.10. The van der Waals surface area contributed by atoms with E-state index >= 15 is 0 Å². The van der Waals surface area contributed by atoms with Gasteiger partial charge in [-0.3, -0.25) is 4.79 Å². The van der Waals surface area contributed by atoms with Crippen molar-refractivity contribution in [2.24, 2.45) is 0 Å². The number of fused-ring (bicyclic) bond motifs is 3. The number of nitrogens with one attached hydrogen (secondary N) is 1. The molecule has 4 aromatic rings. The Morgan fingerprint density at radius 1 is 0.929 bits per heavy atom. The van der Waals surface area contributed by atoms with Crippen molar-refractivity contribution in [2.75, 3.05) is 11.9 Å². The third-order valence-electron chi connectivity index (χ3n) is 4.34. The molecule has 1 heterocycles. The molecule has 1 amide bonds. The molecule has 4 rings (SSSR count). The van der Waals surface area contributed by atoms with E-state index < -0.39 is 24.6 Å². The number of carbonyl (C=O) groups excluding carboxylic acids is 2. The van der Waals surface area contributed by atoms with Crippen molar-refractivity contribution in [1.82, 2.24) is 0 Å². The molecule has 3 aromatic carbocycles. The largest absolute Gasteiger partial charge is 0.456 e. The topological polar surface area (TPSA) is 88.8 Å². The molecule has 0 aliphatic heterocycles. The van der Waals surface area contributed by atoms with Gasteiger partial charge in [0.05, 0.1) is 0 Å². The molecule has 1 atom stereocenters. The number of rotatable bonds is 5. The Labute approximate surface area is 160 Å². The fraction of sp³-hybridized carbons (Fsp3) is 0.0909. The lowest BCUT2D eigenvalue weighted by atomic mass is 10.1. The van der Waals surface area contributed by atoms with Crippen LogP contribution in [0.1, 0.15) is 11.7 Å². The van der Waals surface area contributed by atoms with Gasteiger partial charge in [-0.15, -0.1) is 0 Å². The quantitative estimate of drug-likeness (QED) is 0.518. The van der Waals surface area contributed by atoms with Crippen LogP contribution in [0.5, 0.6) is 0 Å². The van der Waals surface area contributed by atoms with Crippen LogP contribution in [0.2, 0.25) is 0 Å². The summed E-state index contributed by atoms with van der Waals surface area (Å²) < 4.78 is 10.7. The Morgan fingerprint density at radius 2 is 1.64 bits per heavy atom. The van der Waals surface area contributed by atoms with E-state index in [0.717, 1.165) is 21.9 Å². The summed E-state index contributed by atoms with van der Waals surface area (Å²) in [4.78, 5) is 24.0. The maximum Gasteiger partial charge on any atom is 0.340 e. The number of anilines is 1. The first kappa shape index (κ1) is 17.8. The zero-order valence-corrected chi connectivity index (χ0v) is 14.8. The molecule has 6 heteroatoms. The molecule has 0 radical (unpaired) electrons. The number of furan rings is 1. The third-order valence-corrected chi connectivity index (χ3v) is 4.34. The normalized spacial score (nSPS) is 12.0. The summed E-state index contributed by atoms with van der Waals surface area (Å²) in [5.74, 6) is -1.38. The van der Waals surface area contributed by atoms with Gasteiger partial charge in [-0.2, -0.15) is 0 Å². The highest BCUT2D eigenvalue weighted by Crippen LogP contribution is 2.30. The summed E-state index contributed by atoms with van der Waals surface area (Å²) in [6, 6.07) is 21.3. The van der Waals surface area contributed by atoms with E-state index in [1.807, 2.05) is 24.3 Å². The molecule has 2 N–H and O–H groups in total. The highest BCUT2D eigenvalue weighted by molar-refractivity contribution is 6.07. The van der Waals surface area contributed by atoms with Gasteiger partial charge < -0.3 is 19.6 Å². The smallest absolute Gasteiger partial charge is 0.340 e. The second-order valence-electron chi connectivity index (χ2n) is 6.28. The van der Waals surface area contributed by atoms with Gasteiger partial charge in [0.2, 0.25) is 0 Å². The van der Waals surface area contributed by atoms with Gasteiger partial charge in [0.25, 0.3) is 5.91 Å². The minimum Gasteiger partial charge on any atom is -0.456 e. The van der Waals surface area contributed by atoms with Crippen molar-refractivity contribution in [2.45, 2.75) is 6.10 Å². The number of ether oxygens (including phenoxy) is 1. The first-order chi connectivity index (χ1) is 13.6. The summed E-state index contributed by atoms with van der Waals surface area (Å²) in [6.45, 7) is -0.493. The second-order valence-corrected chi connectivity index (χ2v) is 6.28. The van der Waals surface area contributed by atoms with Crippen LogP contribution in [0.25, 0.3) is 21.9 Å². The SMILES string of the molecule is O=C(COC(=O)[C@@H](O)c1ccccc1)Nc1ccc2oc3ccccc3c2c1. The molecule has 0 saturated heterocycles. The second kappa shape index (κ2) is 7.54. The highest BCUT2D eigenvalue weighted by Gasteiger charge is 2.19. The highest BCUT2D eigenvalue weighted by atomic mass is 16.5. The van der Waals surface area contributed by atoms with Crippen LogP contribution in [0.3, 0.4) is 0 Å². The van der Waals surface area contributed by atoms with Gasteiger partial charge >= 0.3 is 5.97 Å². The van der Waals surface area contributed by atoms with Crippen LogP contribution in [0.15, 0.2) is 77.2 Å². The minimum absolute atomic E-state index is 0.408. The number of aliphatic hydroxyl groups excluding tert-OH is 1. The Morgan fingerprint density at radius 3 is 2.46 bits per heavy atom. The molecule has 0 fully saturated rings. The summed E-state index contributed by atoms with van der Waals surface area (Å²) in [5.41, 5.74) is 2.45. The number of amides is 1. The van der Waals surface area contributed by atoms with Crippen molar-refractivity contribution in [3.8, 4) is 0 Å². The van der Waals surface area contributed by atoms with E-state index in [1.165, 1.54) is 0 Å². The number of benzene rings is 3. The zero-order valence-electron chi connectivity index (χ0n) is 14.8. The van der Waals surface area contributed by atoms with Gasteiger partial charge in [-0.05, 0) is 29.8 Å². The molecule has 140 valence electrons. The first-order valence-corrected chi connectivity index (χ1v) is 8.72. The van der Waals surface area contributed by atoms with Gasteiger partial charge in [-0.25, -0.2) is 4.79 Å². The number of para-hydroxylation sites is 1. The van der Waals surface area contributed by atoms with Crippen molar-refractivity contribution >= 4 is 39.5 Å². The minimum atomic E-state index is -1.43. The Balaban J connectivity index is 1.41. The average molecular weight is 375 g/mol. The molecule has 28 heavy (non-hydrogen) atoms. The molecule has 0 saturated carbocycles. The van der Waals surface area contributed by atoms with Gasteiger partial charge in [0.15, 0.2) is 12.7 Å². The summed E-state index contributed by atoms with van der Waals surface area (Å²) in [5, 5.41) is 14.5. The standard InChI is InChI=1S/C22H17NO5/c24-20(13-27-22(26)21(25)14-6-2-1-3-7-14)23-15-10-11-19-17(12-15)16-8-4-5-9-18(16)28-19/h1-12,21,25H,13H2,(H,23,24)/t21-/m0/s1. The summed E-state index contributed by atoms with van der Waals surface area (Å²) in [7, 11) is 0. The van der Waals surface area contributed by atoms with Crippen LogP contribution >= 0.6 is 0 Å². The predicted octanol–water partition coefficient (Wildman–Crippen LogP) is 3.80. The lowest BCUT2D eigenvalue weighted by Crippen LogP contribution is -2.23. The van der Waals surface area contributed by atoms with E-state index in [-0.39, 0.29) is 0 Å². The maximum absolute atomic E-state index is 12.1. The molecular formula is C22H17NO5. The van der Waals surface area contributed by atoms with Crippen molar-refractivity contribution in [1.29, 1.82) is 0 Å². The van der Waals surface area contributed by atoms with E-state index in [2.05, 4.69) is 5.32 Å². The fourth-order valence-corrected chi connectivity index (χ4v) is 2.99. The van der Waals surface area contributed by atoms with Crippen LogP contribution in [0.4, 0.5) is 5.69 Å². The van der Waals surface area contributed by atoms with Crippen molar-refractivity contribution in [3.05, 3.63) is 78.4 Å². The number of carbonyl (C=O) groups is 2. The Kier molecular flexibility index (Phi) is 4.78. The molecule has 0 aliphatic carbocycles.